The normalized spacial score (nSPS) is 22.3. The van der Waals surface area contributed by atoms with Crippen LogP contribution in [0.25, 0.3) is 0 Å². The highest BCUT2D eigenvalue weighted by molar-refractivity contribution is 14.0. The van der Waals surface area contributed by atoms with Gasteiger partial charge in [-0.25, -0.2) is 4.79 Å². The molecule has 1 atom stereocenters. The number of carbonyl (C=O) groups is 2. The van der Waals surface area contributed by atoms with E-state index in [9.17, 15) is 9.59 Å². The lowest BCUT2D eigenvalue weighted by Crippen LogP contribution is -2.43. The van der Waals surface area contributed by atoms with Crippen LogP contribution in [-0.4, -0.2) is 47.5 Å². The highest BCUT2D eigenvalue weighted by Gasteiger charge is 2.45. The van der Waals surface area contributed by atoms with Crippen LogP contribution in [0, 0.1) is 0 Å². The molecule has 1 fully saturated rings. The summed E-state index contributed by atoms with van der Waals surface area (Å²) in [7, 11) is 0. The fraction of sp³-hybridized carbons (Fsp3) is 0.769. The molecule has 0 aliphatic carbocycles. The van der Waals surface area contributed by atoms with Gasteiger partial charge in [0.05, 0.1) is 0 Å². The summed E-state index contributed by atoms with van der Waals surface area (Å²) >= 11 is 0. The van der Waals surface area contributed by atoms with Crippen molar-refractivity contribution in [2.45, 2.75) is 52.1 Å². The molecule has 1 aliphatic rings. The summed E-state index contributed by atoms with van der Waals surface area (Å²) in [6.07, 6.45) is 1.18. The molecule has 1 rings (SSSR count). The molecule has 1 unspecified atom stereocenters. The molecular weight excluding hydrogens is 385 g/mol. The van der Waals surface area contributed by atoms with Crippen molar-refractivity contribution in [2.75, 3.05) is 13.1 Å². The van der Waals surface area contributed by atoms with Crippen molar-refractivity contribution >= 4 is 41.9 Å². The first-order valence-corrected chi connectivity index (χ1v) is 7.00. The van der Waals surface area contributed by atoms with Gasteiger partial charge >= 0.3 is 6.03 Å². The SMILES string of the molecule is CCC1(C)NC(=O)N(CCCN=C(N)NC(C)C)C1=O.I. The van der Waals surface area contributed by atoms with Gasteiger partial charge in [0.2, 0.25) is 0 Å². The maximum Gasteiger partial charge on any atom is 0.325 e. The minimum atomic E-state index is -0.765. The second kappa shape index (κ2) is 8.40. The van der Waals surface area contributed by atoms with Crippen LogP contribution in [0.4, 0.5) is 4.79 Å². The van der Waals surface area contributed by atoms with Gasteiger partial charge in [0, 0.05) is 19.1 Å². The lowest BCUT2D eigenvalue weighted by molar-refractivity contribution is -0.130. The number of halogens is 1. The van der Waals surface area contributed by atoms with Crippen LogP contribution >= 0.6 is 24.0 Å². The fourth-order valence-corrected chi connectivity index (χ4v) is 1.96. The van der Waals surface area contributed by atoms with E-state index in [1.54, 1.807) is 6.92 Å². The summed E-state index contributed by atoms with van der Waals surface area (Å²) in [4.78, 5) is 29.3. The van der Waals surface area contributed by atoms with E-state index in [-0.39, 0.29) is 42.0 Å². The molecule has 0 bridgehead atoms. The molecule has 1 saturated heterocycles. The summed E-state index contributed by atoms with van der Waals surface area (Å²) in [5.41, 5.74) is 4.90. The van der Waals surface area contributed by atoms with E-state index < -0.39 is 5.54 Å². The highest BCUT2D eigenvalue weighted by Crippen LogP contribution is 2.20. The maximum atomic E-state index is 12.1. The average Bonchev–Trinajstić information content (AvgIpc) is 2.57. The van der Waals surface area contributed by atoms with Gasteiger partial charge in [-0.15, -0.1) is 24.0 Å². The van der Waals surface area contributed by atoms with E-state index in [0.29, 0.717) is 31.9 Å². The van der Waals surface area contributed by atoms with E-state index in [2.05, 4.69) is 15.6 Å². The number of imide groups is 1. The molecule has 3 amide bonds. The maximum absolute atomic E-state index is 12.1. The summed E-state index contributed by atoms with van der Waals surface area (Å²) in [5.74, 6) is 0.220. The Kier molecular flexibility index (Phi) is 7.98. The molecule has 122 valence electrons. The summed E-state index contributed by atoms with van der Waals surface area (Å²) < 4.78 is 0. The van der Waals surface area contributed by atoms with Crippen LogP contribution < -0.4 is 16.4 Å². The lowest BCUT2D eigenvalue weighted by Gasteiger charge is -2.19. The number of carbonyl (C=O) groups excluding carboxylic acids is 2. The molecule has 4 N–H and O–H groups in total. The molecular formula is C13H26IN5O2. The third kappa shape index (κ3) is 5.33. The van der Waals surface area contributed by atoms with E-state index >= 15 is 0 Å². The van der Waals surface area contributed by atoms with E-state index in [1.807, 2.05) is 20.8 Å². The second-order valence-electron chi connectivity index (χ2n) is 5.49. The zero-order chi connectivity index (χ0) is 15.3. The predicted octanol–water partition coefficient (Wildman–Crippen LogP) is 1.03. The zero-order valence-electron chi connectivity index (χ0n) is 13.1. The van der Waals surface area contributed by atoms with Crippen molar-refractivity contribution in [1.82, 2.24) is 15.5 Å². The molecule has 8 heteroatoms. The zero-order valence-corrected chi connectivity index (χ0v) is 15.4. The molecule has 0 aromatic rings. The molecule has 1 aliphatic heterocycles. The molecule has 0 aromatic heterocycles. The van der Waals surface area contributed by atoms with Crippen molar-refractivity contribution in [3.8, 4) is 0 Å². The fourth-order valence-electron chi connectivity index (χ4n) is 1.96. The number of guanidine groups is 1. The standard InChI is InChI=1S/C13H25N5O2.HI/c1-5-13(4)10(19)18(12(20)17-13)8-6-7-15-11(14)16-9(2)3;/h9H,5-8H2,1-4H3,(H,17,20)(H3,14,15,16);1H. The Morgan fingerprint density at radius 2 is 2.10 bits per heavy atom. The van der Waals surface area contributed by atoms with Crippen molar-refractivity contribution in [3.05, 3.63) is 0 Å². The Morgan fingerprint density at radius 1 is 1.48 bits per heavy atom. The molecule has 1 heterocycles. The summed E-state index contributed by atoms with van der Waals surface area (Å²) in [6.45, 7) is 8.41. The van der Waals surface area contributed by atoms with Crippen molar-refractivity contribution in [3.63, 3.8) is 0 Å². The van der Waals surface area contributed by atoms with Crippen LogP contribution in [-0.2, 0) is 4.79 Å². The van der Waals surface area contributed by atoms with Crippen molar-refractivity contribution in [2.24, 2.45) is 10.7 Å². The van der Waals surface area contributed by atoms with E-state index in [0.717, 1.165) is 0 Å². The molecule has 0 radical (unpaired) electrons. The van der Waals surface area contributed by atoms with Gasteiger partial charge < -0.3 is 16.4 Å². The number of urea groups is 1. The van der Waals surface area contributed by atoms with Gasteiger partial charge in [0.25, 0.3) is 5.91 Å². The Morgan fingerprint density at radius 3 is 2.57 bits per heavy atom. The largest absolute Gasteiger partial charge is 0.370 e. The van der Waals surface area contributed by atoms with Gasteiger partial charge in [-0.05, 0) is 33.6 Å². The Hall–Kier alpha value is -1.06. The molecule has 0 spiro atoms. The van der Waals surface area contributed by atoms with Gasteiger partial charge in [-0.3, -0.25) is 14.7 Å². The second-order valence-corrected chi connectivity index (χ2v) is 5.49. The number of nitrogens with two attached hydrogens (primary N) is 1. The topological polar surface area (TPSA) is 99.8 Å². The van der Waals surface area contributed by atoms with Gasteiger partial charge in [0.15, 0.2) is 5.96 Å². The van der Waals surface area contributed by atoms with Crippen LogP contribution in [0.5, 0.6) is 0 Å². The highest BCUT2D eigenvalue weighted by atomic mass is 127. The number of hydrogen-bond donors (Lipinski definition) is 3. The number of rotatable bonds is 6. The van der Waals surface area contributed by atoms with Gasteiger partial charge in [-0.2, -0.15) is 0 Å². The number of nitrogens with one attached hydrogen (secondary N) is 2. The van der Waals surface area contributed by atoms with Gasteiger partial charge in [-0.1, -0.05) is 6.92 Å². The minimum absolute atomic E-state index is 0. The van der Waals surface area contributed by atoms with Crippen LogP contribution in [0.2, 0.25) is 0 Å². The van der Waals surface area contributed by atoms with Crippen LogP contribution in [0.15, 0.2) is 4.99 Å². The first-order valence-electron chi connectivity index (χ1n) is 7.00. The monoisotopic (exact) mass is 411 g/mol. The van der Waals surface area contributed by atoms with E-state index in [4.69, 9.17) is 5.73 Å². The first-order chi connectivity index (χ1) is 9.30. The predicted molar refractivity (Wildman–Crippen MR) is 93.7 cm³/mol. The van der Waals surface area contributed by atoms with Gasteiger partial charge in [0.1, 0.15) is 5.54 Å². The van der Waals surface area contributed by atoms with Crippen molar-refractivity contribution < 1.29 is 9.59 Å². The van der Waals surface area contributed by atoms with Crippen molar-refractivity contribution in [1.29, 1.82) is 0 Å². The molecule has 0 aromatic carbocycles. The third-order valence-corrected chi connectivity index (χ3v) is 3.31. The lowest BCUT2D eigenvalue weighted by atomic mass is 9.99. The Balaban J connectivity index is 0.00000400. The Labute approximate surface area is 143 Å². The van der Waals surface area contributed by atoms with Crippen LogP contribution in [0.3, 0.4) is 0 Å². The molecule has 7 nitrogen and oxygen atoms in total. The van der Waals surface area contributed by atoms with E-state index in [1.165, 1.54) is 4.90 Å². The number of nitrogens with zero attached hydrogens (tertiary/aromatic N) is 2. The third-order valence-electron chi connectivity index (χ3n) is 3.31. The number of hydrogen-bond acceptors (Lipinski definition) is 3. The van der Waals surface area contributed by atoms with Crippen LogP contribution in [0.1, 0.15) is 40.5 Å². The number of amides is 3. The quantitative estimate of drug-likeness (QED) is 0.200. The summed E-state index contributed by atoms with van der Waals surface area (Å²) in [5, 5.41) is 5.70. The first kappa shape index (κ1) is 19.9. The Bertz CT molecular complexity index is 413. The molecule has 0 saturated carbocycles. The number of aliphatic imine (C=N–C) groups is 1. The minimum Gasteiger partial charge on any atom is -0.370 e. The average molecular weight is 411 g/mol. The summed E-state index contributed by atoms with van der Waals surface area (Å²) in [6, 6.07) is -0.0912. The molecule has 21 heavy (non-hydrogen) atoms. The smallest absolute Gasteiger partial charge is 0.325 e.